The fourth-order valence-electron chi connectivity index (χ4n) is 2.59. The largest absolute Gasteiger partial charge is 0.462 e. The summed E-state index contributed by atoms with van der Waals surface area (Å²) in [6.07, 6.45) is 18.3. The molecule has 132 valence electrons. The van der Waals surface area contributed by atoms with Crippen LogP contribution in [0.1, 0.15) is 96.8 Å². The lowest BCUT2D eigenvalue weighted by molar-refractivity contribution is -0.138. The van der Waals surface area contributed by atoms with Crippen molar-refractivity contribution < 1.29 is 9.53 Å². The molecule has 0 fully saturated rings. The van der Waals surface area contributed by atoms with E-state index in [0.29, 0.717) is 6.61 Å². The van der Waals surface area contributed by atoms with Gasteiger partial charge in [0, 0.05) is 0 Å². The first-order chi connectivity index (χ1) is 11.2. The Bertz CT molecular complexity index is 344. The van der Waals surface area contributed by atoms with E-state index in [1.807, 2.05) is 0 Å². The number of ether oxygens (including phenoxy) is 1. The highest BCUT2D eigenvalue weighted by Gasteiger charge is 2.06. The fraction of sp³-hybridized carbons (Fsp3) is 0.800. The fourth-order valence-corrected chi connectivity index (χ4v) is 2.59. The second-order valence-electron chi connectivity index (χ2n) is 6.32. The predicted molar refractivity (Wildman–Crippen MR) is 96.0 cm³/mol. The molecule has 0 N–H and O–H groups in total. The number of nitriles is 1. The summed E-state index contributed by atoms with van der Waals surface area (Å²) in [5, 5.41) is 8.48. The number of nitrogens with zero attached hydrogens (tertiary/aromatic N) is 1. The Morgan fingerprint density at radius 2 is 1.22 bits per heavy atom. The van der Waals surface area contributed by atoms with Crippen molar-refractivity contribution in [1.82, 2.24) is 0 Å². The van der Waals surface area contributed by atoms with Gasteiger partial charge in [0.2, 0.25) is 0 Å². The van der Waals surface area contributed by atoms with E-state index in [1.54, 1.807) is 6.07 Å². The van der Waals surface area contributed by atoms with Crippen LogP contribution in [0.15, 0.2) is 12.2 Å². The summed E-state index contributed by atoms with van der Waals surface area (Å²) >= 11 is 0. The minimum atomic E-state index is -0.581. The number of hydrogen-bond donors (Lipinski definition) is 0. The second-order valence-corrected chi connectivity index (χ2v) is 6.32. The van der Waals surface area contributed by atoms with Gasteiger partial charge in [0.15, 0.2) is 0 Å². The second kappa shape index (κ2) is 17.1. The maximum Gasteiger partial charge on any atom is 0.348 e. The summed E-state index contributed by atoms with van der Waals surface area (Å²) in [6, 6.07) is 1.70. The molecule has 0 rings (SSSR count). The SMILES string of the molecule is C=C(C#N)C(=O)OCCCCCCCCCCCCCCCC. The maximum absolute atomic E-state index is 11.2. The standard InChI is InChI=1S/C20H35NO2/c1-3-4-5-6-7-8-9-10-11-12-13-14-15-16-17-23-20(22)19(2)18-21/h2-17H2,1H3. The molecule has 0 unspecified atom stereocenters. The van der Waals surface area contributed by atoms with Gasteiger partial charge in [-0.2, -0.15) is 5.26 Å². The highest BCUT2D eigenvalue weighted by molar-refractivity contribution is 5.91. The smallest absolute Gasteiger partial charge is 0.348 e. The molecule has 0 aliphatic carbocycles. The van der Waals surface area contributed by atoms with Crippen molar-refractivity contribution >= 4 is 5.97 Å². The molecule has 0 atom stereocenters. The first kappa shape index (κ1) is 21.7. The van der Waals surface area contributed by atoms with Gasteiger partial charge in [-0.3, -0.25) is 0 Å². The zero-order chi connectivity index (χ0) is 17.2. The van der Waals surface area contributed by atoms with Gasteiger partial charge in [-0.1, -0.05) is 97.0 Å². The van der Waals surface area contributed by atoms with E-state index >= 15 is 0 Å². The number of carbonyl (C=O) groups excluding carboxylic acids is 1. The van der Waals surface area contributed by atoms with E-state index in [0.717, 1.165) is 12.8 Å². The van der Waals surface area contributed by atoms with Crippen LogP contribution in [-0.2, 0) is 9.53 Å². The number of unbranched alkanes of at least 4 members (excludes halogenated alkanes) is 13. The lowest BCUT2D eigenvalue weighted by Crippen LogP contribution is -2.06. The number of hydrogen-bond acceptors (Lipinski definition) is 3. The van der Waals surface area contributed by atoms with Crippen LogP contribution in [0, 0.1) is 11.3 Å². The van der Waals surface area contributed by atoms with Crippen molar-refractivity contribution in [2.75, 3.05) is 6.61 Å². The molecule has 0 bridgehead atoms. The van der Waals surface area contributed by atoms with Crippen LogP contribution in [0.25, 0.3) is 0 Å². The summed E-state index contributed by atoms with van der Waals surface area (Å²) in [6.45, 7) is 5.99. The molecule has 0 amide bonds. The van der Waals surface area contributed by atoms with Crippen LogP contribution in [0.4, 0.5) is 0 Å². The van der Waals surface area contributed by atoms with E-state index in [2.05, 4.69) is 13.5 Å². The zero-order valence-electron chi connectivity index (χ0n) is 15.1. The van der Waals surface area contributed by atoms with Crippen LogP contribution in [0.2, 0.25) is 0 Å². The normalized spacial score (nSPS) is 10.3. The Labute approximate surface area is 143 Å². The summed E-state index contributed by atoms with van der Waals surface area (Å²) in [5.74, 6) is -0.581. The van der Waals surface area contributed by atoms with Gasteiger partial charge < -0.3 is 4.74 Å². The molecule has 0 aromatic rings. The molecule has 3 heteroatoms. The topological polar surface area (TPSA) is 50.1 Å². The quantitative estimate of drug-likeness (QED) is 0.149. The third-order valence-corrected chi connectivity index (χ3v) is 4.11. The van der Waals surface area contributed by atoms with E-state index < -0.39 is 5.97 Å². The minimum absolute atomic E-state index is 0.115. The average Bonchev–Trinajstić information content (AvgIpc) is 2.57. The first-order valence-electron chi connectivity index (χ1n) is 9.48. The van der Waals surface area contributed by atoms with Crippen LogP contribution in [0.5, 0.6) is 0 Å². The summed E-state index contributed by atoms with van der Waals surface area (Å²) in [5.41, 5.74) is -0.115. The molecular weight excluding hydrogens is 286 g/mol. The molecule has 0 aliphatic heterocycles. The van der Waals surface area contributed by atoms with Gasteiger partial charge in [0.25, 0.3) is 0 Å². The summed E-state index contributed by atoms with van der Waals surface area (Å²) in [7, 11) is 0. The summed E-state index contributed by atoms with van der Waals surface area (Å²) in [4.78, 5) is 11.2. The molecule has 0 radical (unpaired) electrons. The van der Waals surface area contributed by atoms with Crippen molar-refractivity contribution in [2.24, 2.45) is 0 Å². The molecule has 0 heterocycles. The van der Waals surface area contributed by atoms with Gasteiger partial charge in [0.1, 0.15) is 11.6 Å². The minimum Gasteiger partial charge on any atom is -0.462 e. The molecular formula is C20H35NO2. The lowest BCUT2D eigenvalue weighted by Gasteiger charge is -2.04. The van der Waals surface area contributed by atoms with E-state index in [-0.39, 0.29) is 5.57 Å². The van der Waals surface area contributed by atoms with Gasteiger partial charge in [-0.25, -0.2) is 4.79 Å². The van der Waals surface area contributed by atoms with Crippen molar-refractivity contribution in [2.45, 2.75) is 96.8 Å². The van der Waals surface area contributed by atoms with Crippen molar-refractivity contribution in [3.63, 3.8) is 0 Å². The van der Waals surface area contributed by atoms with E-state index in [1.165, 1.54) is 77.0 Å². The Morgan fingerprint density at radius 1 is 0.826 bits per heavy atom. The highest BCUT2D eigenvalue weighted by Crippen LogP contribution is 2.13. The third kappa shape index (κ3) is 15.4. The van der Waals surface area contributed by atoms with Gasteiger partial charge in [-0.15, -0.1) is 0 Å². The molecule has 23 heavy (non-hydrogen) atoms. The Kier molecular flexibility index (Phi) is 16.1. The van der Waals surface area contributed by atoms with Crippen LogP contribution < -0.4 is 0 Å². The number of rotatable bonds is 16. The van der Waals surface area contributed by atoms with Crippen molar-refractivity contribution in [1.29, 1.82) is 5.26 Å². The zero-order valence-corrected chi connectivity index (χ0v) is 15.1. The molecule has 0 saturated heterocycles. The van der Waals surface area contributed by atoms with Gasteiger partial charge in [-0.05, 0) is 6.42 Å². The molecule has 0 aliphatic rings. The Hall–Kier alpha value is -1.30. The van der Waals surface area contributed by atoms with Crippen LogP contribution >= 0.6 is 0 Å². The lowest BCUT2D eigenvalue weighted by atomic mass is 10.0. The van der Waals surface area contributed by atoms with Gasteiger partial charge >= 0.3 is 5.97 Å². The first-order valence-corrected chi connectivity index (χ1v) is 9.48. The van der Waals surface area contributed by atoms with Crippen LogP contribution in [0.3, 0.4) is 0 Å². The average molecular weight is 322 g/mol. The van der Waals surface area contributed by atoms with E-state index in [9.17, 15) is 4.79 Å². The number of esters is 1. The maximum atomic E-state index is 11.2. The Morgan fingerprint density at radius 3 is 1.61 bits per heavy atom. The monoisotopic (exact) mass is 321 g/mol. The van der Waals surface area contributed by atoms with Gasteiger partial charge in [0.05, 0.1) is 6.61 Å². The molecule has 0 aromatic heterocycles. The number of carbonyl (C=O) groups is 1. The van der Waals surface area contributed by atoms with Crippen molar-refractivity contribution in [3.05, 3.63) is 12.2 Å². The Balaban J connectivity index is 3.12. The van der Waals surface area contributed by atoms with Crippen molar-refractivity contribution in [3.8, 4) is 6.07 Å². The molecule has 3 nitrogen and oxygen atoms in total. The molecule has 0 saturated carbocycles. The molecule has 0 aromatic carbocycles. The van der Waals surface area contributed by atoms with Crippen LogP contribution in [-0.4, -0.2) is 12.6 Å². The summed E-state index contributed by atoms with van der Waals surface area (Å²) < 4.78 is 4.94. The third-order valence-electron chi connectivity index (χ3n) is 4.11. The highest BCUT2D eigenvalue weighted by atomic mass is 16.5. The van der Waals surface area contributed by atoms with E-state index in [4.69, 9.17) is 10.00 Å². The molecule has 0 spiro atoms. The predicted octanol–water partition coefficient (Wildman–Crippen LogP) is 6.09.